The maximum Gasteiger partial charge on any atom is 0.407 e. The van der Waals surface area contributed by atoms with Crippen LogP contribution in [0.5, 0.6) is 0 Å². The molecule has 0 unspecified atom stereocenters. The van der Waals surface area contributed by atoms with Gasteiger partial charge < -0.3 is 20.7 Å². The number of amides is 2. The molecule has 3 N–H and O–H groups in total. The van der Waals surface area contributed by atoms with Gasteiger partial charge in [-0.05, 0) is 30.5 Å². The predicted octanol–water partition coefficient (Wildman–Crippen LogP) is 2.32. The molecule has 7 nitrogen and oxygen atoms in total. The molecule has 1 heterocycles. The SMILES string of the molecule is O=C(CNC(=O)OCc1ccccc1)NCCCCNc1ccccn1. The van der Waals surface area contributed by atoms with Crippen molar-refractivity contribution in [3.8, 4) is 0 Å². The van der Waals surface area contributed by atoms with E-state index in [-0.39, 0.29) is 19.1 Å². The van der Waals surface area contributed by atoms with E-state index in [0.29, 0.717) is 6.54 Å². The van der Waals surface area contributed by atoms with Crippen LogP contribution < -0.4 is 16.0 Å². The molecule has 0 spiro atoms. The van der Waals surface area contributed by atoms with Crippen LogP contribution in [0.3, 0.4) is 0 Å². The zero-order chi connectivity index (χ0) is 18.5. The van der Waals surface area contributed by atoms with E-state index in [1.807, 2.05) is 48.5 Å². The van der Waals surface area contributed by atoms with Crippen LogP contribution in [0.15, 0.2) is 54.7 Å². The first-order valence-electron chi connectivity index (χ1n) is 8.60. The van der Waals surface area contributed by atoms with Gasteiger partial charge in [-0.25, -0.2) is 9.78 Å². The Bertz CT molecular complexity index is 665. The number of pyridine rings is 1. The fraction of sp³-hybridized carbons (Fsp3) is 0.316. The van der Waals surface area contributed by atoms with Crippen LogP contribution in [0.25, 0.3) is 0 Å². The third-order valence-corrected chi connectivity index (χ3v) is 3.50. The molecule has 0 radical (unpaired) electrons. The Morgan fingerprint density at radius 3 is 2.46 bits per heavy atom. The van der Waals surface area contributed by atoms with Gasteiger partial charge in [0.15, 0.2) is 0 Å². The minimum Gasteiger partial charge on any atom is -0.445 e. The smallest absolute Gasteiger partial charge is 0.407 e. The molecule has 2 rings (SSSR count). The minimum absolute atomic E-state index is 0.0974. The summed E-state index contributed by atoms with van der Waals surface area (Å²) in [7, 11) is 0. The van der Waals surface area contributed by atoms with E-state index in [2.05, 4.69) is 20.9 Å². The first-order chi connectivity index (χ1) is 12.7. The highest BCUT2D eigenvalue weighted by Gasteiger charge is 2.06. The fourth-order valence-corrected chi connectivity index (χ4v) is 2.15. The third-order valence-electron chi connectivity index (χ3n) is 3.50. The van der Waals surface area contributed by atoms with Crippen LogP contribution in [-0.4, -0.2) is 36.6 Å². The second kappa shape index (κ2) is 11.5. The molecule has 0 aliphatic carbocycles. The second-order valence-corrected chi connectivity index (χ2v) is 5.61. The number of ether oxygens (including phenoxy) is 1. The van der Waals surface area contributed by atoms with Crippen LogP contribution in [-0.2, 0) is 16.1 Å². The molecule has 0 atom stereocenters. The number of nitrogens with zero attached hydrogens (tertiary/aromatic N) is 1. The average molecular weight is 356 g/mol. The number of benzene rings is 1. The highest BCUT2D eigenvalue weighted by molar-refractivity contribution is 5.82. The van der Waals surface area contributed by atoms with Crippen molar-refractivity contribution in [1.82, 2.24) is 15.6 Å². The first kappa shape index (κ1) is 19.2. The van der Waals surface area contributed by atoms with Crippen molar-refractivity contribution in [3.05, 3.63) is 60.3 Å². The molecular weight excluding hydrogens is 332 g/mol. The normalized spacial score (nSPS) is 10.0. The fourth-order valence-electron chi connectivity index (χ4n) is 2.15. The van der Waals surface area contributed by atoms with Gasteiger partial charge in [-0.15, -0.1) is 0 Å². The van der Waals surface area contributed by atoms with Gasteiger partial charge in [0.25, 0.3) is 0 Å². The van der Waals surface area contributed by atoms with Crippen molar-refractivity contribution in [2.24, 2.45) is 0 Å². The van der Waals surface area contributed by atoms with Gasteiger partial charge in [-0.3, -0.25) is 4.79 Å². The molecule has 1 aromatic carbocycles. The number of carbonyl (C=O) groups excluding carboxylic acids is 2. The van der Waals surface area contributed by atoms with Crippen LogP contribution >= 0.6 is 0 Å². The summed E-state index contributed by atoms with van der Waals surface area (Å²) in [4.78, 5) is 27.4. The molecule has 0 aliphatic rings. The largest absolute Gasteiger partial charge is 0.445 e. The van der Waals surface area contributed by atoms with Crippen LogP contribution in [0.2, 0.25) is 0 Å². The predicted molar refractivity (Wildman–Crippen MR) is 99.6 cm³/mol. The summed E-state index contributed by atoms with van der Waals surface area (Å²) in [6.07, 6.45) is 2.87. The van der Waals surface area contributed by atoms with Crippen molar-refractivity contribution >= 4 is 17.8 Å². The Morgan fingerprint density at radius 1 is 0.923 bits per heavy atom. The van der Waals surface area contributed by atoms with Crippen LogP contribution in [0.1, 0.15) is 18.4 Å². The number of hydrogen-bond acceptors (Lipinski definition) is 5. The lowest BCUT2D eigenvalue weighted by Gasteiger charge is -2.08. The molecule has 0 saturated heterocycles. The number of anilines is 1. The van der Waals surface area contributed by atoms with Crippen LogP contribution in [0.4, 0.5) is 10.6 Å². The van der Waals surface area contributed by atoms with Crippen LogP contribution in [0, 0.1) is 0 Å². The quantitative estimate of drug-likeness (QED) is 0.568. The zero-order valence-corrected chi connectivity index (χ0v) is 14.6. The van der Waals surface area contributed by atoms with E-state index in [4.69, 9.17) is 4.74 Å². The molecular formula is C19H24N4O3. The summed E-state index contributed by atoms with van der Waals surface area (Å²) in [6.45, 7) is 1.43. The summed E-state index contributed by atoms with van der Waals surface area (Å²) in [5.41, 5.74) is 0.895. The Hall–Kier alpha value is -3.09. The lowest BCUT2D eigenvalue weighted by Crippen LogP contribution is -2.37. The maximum absolute atomic E-state index is 11.7. The number of hydrogen-bond donors (Lipinski definition) is 3. The van der Waals surface area contributed by atoms with E-state index in [1.54, 1.807) is 6.20 Å². The standard InChI is InChI=1S/C19H24N4O3/c24-18(14-23-19(25)26-15-16-8-2-1-3-9-16)22-13-7-6-12-21-17-10-4-5-11-20-17/h1-5,8-11H,6-7,12-15H2,(H,20,21)(H,22,24)(H,23,25). The number of unbranched alkanes of at least 4 members (excludes halogenated alkanes) is 1. The van der Waals surface area contributed by atoms with Crippen molar-refractivity contribution in [1.29, 1.82) is 0 Å². The monoisotopic (exact) mass is 356 g/mol. The Balaban J connectivity index is 1.46. The summed E-state index contributed by atoms with van der Waals surface area (Å²) in [6, 6.07) is 15.1. The van der Waals surface area contributed by atoms with Crippen molar-refractivity contribution < 1.29 is 14.3 Å². The summed E-state index contributed by atoms with van der Waals surface area (Å²) >= 11 is 0. The number of nitrogens with one attached hydrogen (secondary N) is 3. The molecule has 138 valence electrons. The highest BCUT2D eigenvalue weighted by atomic mass is 16.5. The maximum atomic E-state index is 11.7. The molecule has 0 saturated carbocycles. The van der Waals surface area contributed by atoms with E-state index < -0.39 is 6.09 Å². The van der Waals surface area contributed by atoms with Gasteiger partial charge in [-0.1, -0.05) is 36.4 Å². The molecule has 26 heavy (non-hydrogen) atoms. The van der Waals surface area contributed by atoms with Gasteiger partial charge >= 0.3 is 6.09 Å². The van der Waals surface area contributed by atoms with Gasteiger partial charge in [0.2, 0.25) is 5.91 Å². The number of carbonyl (C=O) groups is 2. The Kier molecular flexibility index (Phi) is 8.48. The first-order valence-corrected chi connectivity index (χ1v) is 8.60. The lowest BCUT2D eigenvalue weighted by atomic mass is 10.2. The zero-order valence-electron chi connectivity index (χ0n) is 14.6. The number of rotatable bonds is 10. The molecule has 0 fully saturated rings. The summed E-state index contributed by atoms with van der Waals surface area (Å²) in [5, 5.41) is 8.39. The molecule has 2 amide bonds. The van der Waals surface area contributed by atoms with Crippen molar-refractivity contribution in [2.45, 2.75) is 19.4 Å². The summed E-state index contributed by atoms with van der Waals surface area (Å²) in [5.74, 6) is 0.606. The molecule has 7 heteroatoms. The van der Waals surface area contributed by atoms with E-state index in [0.717, 1.165) is 30.8 Å². The van der Waals surface area contributed by atoms with Crippen molar-refractivity contribution in [2.75, 3.05) is 25.0 Å². The molecule has 0 aliphatic heterocycles. The third kappa shape index (κ3) is 8.14. The Morgan fingerprint density at radius 2 is 1.69 bits per heavy atom. The second-order valence-electron chi connectivity index (χ2n) is 5.61. The molecule has 0 bridgehead atoms. The lowest BCUT2D eigenvalue weighted by molar-refractivity contribution is -0.120. The molecule has 2 aromatic rings. The van der Waals surface area contributed by atoms with E-state index in [9.17, 15) is 9.59 Å². The van der Waals surface area contributed by atoms with E-state index in [1.165, 1.54) is 0 Å². The topological polar surface area (TPSA) is 92.4 Å². The molecule has 1 aromatic heterocycles. The van der Waals surface area contributed by atoms with Gasteiger partial charge in [0.1, 0.15) is 12.4 Å². The highest BCUT2D eigenvalue weighted by Crippen LogP contribution is 2.01. The summed E-state index contributed by atoms with van der Waals surface area (Å²) < 4.78 is 5.03. The number of alkyl carbamates (subject to hydrolysis) is 1. The Labute approximate surface area is 153 Å². The average Bonchev–Trinajstić information content (AvgIpc) is 2.69. The van der Waals surface area contributed by atoms with Crippen molar-refractivity contribution in [3.63, 3.8) is 0 Å². The van der Waals surface area contributed by atoms with Gasteiger partial charge in [0, 0.05) is 19.3 Å². The minimum atomic E-state index is -0.608. The van der Waals surface area contributed by atoms with Gasteiger partial charge in [-0.2, -0.15) is 0 Å². The van der Waals surface area contributed by atoms with Gasteiger partial charge in [0.05, 0.1) is 6.54 Å². The van der Waals surface area contributed by atoms with E-state index >= 15 is 0 Å². The number of aromatic nitrogens is 1.